The molecule has 4 N–H and O–H groups in total. The van der Waals surface area contributed by atoms with Gasteiger partial charge < -0.3 is 20.5 Å². The second-order valence-electron chi connectivity index (χ2n) is 7.94. The molecule has 0 fully saturated rings. The number of aromatic nitrogens is 5. The summed E-state index contributed by atoms with van der Waals surface area (Å²) in [6.07, 6.45) is 2.45. The van der Waals surface area contributed by atoms with E-state index in [1.165, 1.54) is 24.5 Å². The number of ether oxygens (including phenoxy) is 2. The molecular formula is C23H17F2N7O3. The van der Waals surface area contributed by atoms with Gasteiger partial charge in [0.2, 0.25) is 5.95 Å². The topological polar surface area (TPSA) is 133 Å². The maximum Gasteiger partial charge on any atom is 0.267 e. The largest absolute Gasteiger partial charge is 0.486 e. The third-order valence-electron chi connectivity index (χ3n) is 5.67. The number of anilines is 2. The van der Waals surface area contributed by atoms with Crippen LogP contribution in [0.25, 0.3) is 27.6 Å². The van der Waals surface area contributed by atoms with Crippen molar-refractivity contribution in [1.82, 2.24) is 24.7 Å². The van der Waals surface area contributed by atoms with Gasteiger partial charge in [-0.1, -0.05) is 6.07 Å². The minimum absolute atomic E-state index is 0.0791. The zero-order chi connectivity index (χ0) is 24.1. The molecule has 10 nitrogen and oxygen atoms in total. The van der Waals surface area contributed by atoms with Crippen molar-refractivity contribution in [3.05, 3.63) is 70.8 Å². The predicted molar refractivity (Wildman–Crippen MR) is 124 cm³/mol. The monoisotopic (exact) mass is 477 g/mol. The normalized spacial score (nSPS) is 15.0. The van der Waals surface area contributed by atoms with Gasteiger partial charge >= 0.3 is 0 Å². The van der Waals surface area contributed by atoms with Crippen LogP contribution in [0, 0.1) is 11.6 Å². The maximum atomic E-state index is 14.7. The Morgan fingerprint density at radius 3 is 2.94 bits per heavy atom. The predicted octanol–water partition coefficient (Wildman–Crippen LogP) is 2.77. The molecule has 5 aromatic rings. The van der Waals surface area contributed by atoms with E-state index in [0.717, 1.165) is 10.6 Å². The lowest BCUT2D eigenvalue weighted by Gasteiger charge is -2.26. The maximum absolute atomic E-state index is 14.7. The lowest BCUT2D eigenvalue weighted by atomic mass is 10.2. The van der Waals surface area contributed by atoms with E-state index < -0.39 is 17.2 Å². The molecule has 0 saturated heterocycles. The zero-order valence-corrected chi connectivity index (χ0v) is 18.0. The van der Waals surface area contributed by atoms with Crippen LogP contribution in [0.15, 0.2) is 53.6 Å². The smallest absolute Gasteiger partial charge is 0.267 e. The van der Waals surface area contributed by atoms with E-state index in [-0.39, 0.29) is 41.9 Å². The van der Waals surface area contributed by atoms with Crippen molar-refractivity contribution in [2.24, 2.45) is 0 Å². The Kier molecular flexibility index (Phi) is 4.73. The molecule has 176 valence electrons. The Labute approximate surface area is 195 Å². The molecule has 35 heavy (non-hydrogen) atoms. The van der Waals surface area contributed by atoms with Crippen LogP contribution in [0.4, 0.5) is 20.4 Å². The summed E-state index contributed by atoms with van der Waals surface area (Å²) in [5.74, 6) is -0.965. The van der Waals surface area contributed by atoms with Gasteiger partial charge in [-0.05, 0) is 24.3 Å². The van der Waals surface area contributed by atoms with E-state index in [1.807, 2.05) is 0 Å². The van der Waals surface area contributed by atoms with Gasteiger partial charge in [0.15, 0.2) is 28.8 Å². The fourth-order valence-electron chi connectivity index (χ4n) is 4.00. The molecule has 0 radical (unpaired) electrons. The highest BCUT2D eigenvalue weighted by molar-refractivity contribution is 6.02. The van der Waals surface area contributed by atoms with Crippen LogP contribution in [0.2, 0.25) is 0 Å². The van der Waals surface area contributed by atoms with Gasteiger partial charge in [0.25, 0.3) is 5.56 Å². The van der Waals surface area contributed by atoms with Crippen LogP contribution < -0.4 is 26.1 Å². The van der Waals surface area contributed by atoms with Gasteiger partial charge in [-0.25, -0.2) is 13.8 Å². The average Bonchev–Trinajstić information content (AvgIpc) is 3.36. The number of hydrogen-bond acceptors (Lipinski definition) is 8. The highest BCUT2D eigenvalue weighted by atomic mass is 19.2. The highest BCUT2D eigenvalue weighted by Gasteiger charge is 2.23. The Balaban J connectivity index is 1.38. The Bertz CT molecular complexity index is 1670. The first kappa shape index (κ1) is 20.8. The highest BCUT2D eigenvalue weighted by Crippen LogP contribution is 2.33. The van der Waals surface area contributed by atoms with Gasteiger partial charge in [-0.2, -0.15) is 10.1 Å². The van der Waals surface area contributed by atoms with Gasteiger partial charge in [0.05, 0.1) is 34.7 Å². The van der Waals surface area contributed by atoms with Gasteiger partial charge in [0, 0.05) is 18.0 Å². The van der Waals surface area contributed by atoms with Crippen LogP contribution >= 0.6 is 0 Å². The van der Waals surface area contributed by atoms with Crippen LogP contribution in [-0.4, -0.2) is 44.0 Å². The lowest BCUT2D eigenvalue weighted by molar-refractivity contribution is 0.0997. The van der Waals surface area contributed by atoms with Crippen molar-refractivity contribution in [3.8, 4) is 17.2 Å². The Morgan fingerprint density at radius 1 is 1.17 bits per heavy atom. The van der Waals surface area contributed by atoms with Gasteiger partial charge in [-0.15, -0.1) is 0 Å². The molecule has 1 unspecified atom stereocenters. The second kappa shape index (κ2) is 7.94. The van der Waals surface area contributed by atoms with Crippen molar-refractivity contribution in [3.63, 3.8) is 0 Å². The molecule has 0 bridgehead atoms. The van der Waals surface area contributed by atoms with E-state index in [1.54, 1.807) is 18.2 Å². The van der Waals surface area contributed by atoms with Crippen molar-refractivity contribution >= 4 is 33.6 Å². The minimum atomic E-state index is -1.17. The van der Waals surface area contributed by atoms with E-state index >= 15 is 0 Å². The van der Waals surface area contributed by atoms with Crippen LogP contribution in [0.1, 0.15) is 0 Å². The number of fused-ring (bicyclic) bond motifs is 4. The molecule has 1 aliphatic rings. The number of nitrogens with one attached hydrogen (secondary N) is 2. The summed E-state index contributed by atoms with van der Waals surface area (Å²) in [5, 5.41) is 10.3. The fourth-order valence-corrected chi connectivity index (χ4v) is 4.00. The van der Waals surface area contributed by atoms with Crippen molar-refractivity contribution in [2.45, 2.75) is 6.10 Å². The number of rotatable bonds is 4. The van der Waals surface area contributed by atoms with Crippen molar-refractivity contribution < 1.29 is 18.3 Å². The molecule has 0 spiro atoms. The molecule has 4 heterocycles. The number of benzene rings is 2. The fraction of sp³-hybridized carbons (Fsp3) is 0.130. The molecule has 0 aliphatic carbocycles. The van der Waals surface area contributed by atoms with Gasteiger partial charge in [0.1, 0.15) is 12.7 Å². The van der Waals surface area contributed by atoms with E-state index in [2.05, 4.69) is 25.5 Å². The summed E-state index contributed by atoms with van der Waals surface area (Å²) in [5.41, 5.74) is 5.94. The molecule has 0 saturated carbocycles. The summed E-state index contributed by atoms with van der Waals surface area (Å²) >= 11 is 0. The first-order valence-electron chi connectivity index (χ1n) is 10.6. The van der Waals surface area contributed by atoms with E-state index in [9.17, 15) is 13.6 Å². The summed E-state index contributed by atoms with van der Waals surface area (Å²) in [7, 11) is 0. The summed E-state index contributed by atoms with van der Waals surface area (Å²) in [6, 6.07) is 8.72. The molecular weight excluding hydrogens is 460 g/mol. The quantitative estimate of drug-likeness (QED) is 0.337. The zero-order valence-electron chi connectivity index (χ0n) is 18.0. The van der Waals surface area contributed by atoms with Crippen LogP contribution in [-0.2, 0) is 0 Å². The molecule has 0 amide bonds. The average molecular weight is 477 g/mol. The van der Waals surface area contributed by atoms with E-state index in [4.69, 9.17) is 15.2 Å². The second-order valence-corrected chi connectivity index (χ2v) is 7.94. The molecule has 1 aliphatic heterocycles. The first-order chi connectivity index (χ1) is 17.0. The number of pyridine rings is 1. The number of halogens is 2. The molecule has 3 aromatic heterocycles. The van der Waals surface area contributed by atoms with Crippen molar-refractivity contribution in [2.75, 3.05) is 24.2 Å². The number of nitrogens with two attached hydrogens (primary N) is 1. The van der Waals surface area contributed by atoms with Crippen LogP contribution in [0.3, 0.4) is 0 Å². The molecule has 6 rings (SSSR count). The first-order valence-corrected chi connectivity index (χ1v) is 10.6. The van der Waals surface area contributed by atoms with Crippen LogP contribution in [0.5, 0.6) is 11.5 Å². The number of aromatic amines is 1. The summed E-state index contributed by atoms with van der Waals surface area (Å²) in [6.45, 7) is 0.547. The standard InChI is InChI=1S/C23H17F2N7O3/c24-15-2-1-3-16(19(15)25)32-21-13(20-14(22(32)33)9-29-31-20)8-28-23(30-21)27-7-12-10-34-18-6-11(26)4-5-17(18)35-12/h1-6,8-9,12H,7,10,26H2,(H,29,31)(H,27,28,30). The van der Waals surface area contributed by atoms with Gasteiger partial charge in [-0.3, -0.25) is 14.5 Å². The summed E-state index contributed by atoms with van der Waals surface area (Å²) in [4.78, 5) is 22.0. The Morgan fingerprint density at radius 2 is 2.06 bits per heavy atom. The minimum Gasteiger partial charge on any atom is -0.486 e. The number of nitrogens with zero attached hydrogens (tertiary/aromatic N) is 4. The third kappa shape index (κ3) is 3.46. The molecule has 1 atom stereocenters. The lowest BCUT2D eigenvalue weighted by Crippen LogP contribution is -2.35. The number of nitrogen functional groups attached to an aromatic ring is 1. The third-order valence-corrected chi connectivity index (χ3v) is 5.67. The molecule has 2 aromatic carbocycles. The molecule has 12 heteroatoms. The Hall–Kier alpha value is -4.74. The SMILES string of the molecule is Nc1ccc2c(c1)OCC(CNc1ncc3c4[nH]ncc4c(=O)n(-c4cccc(F)c4F)c3n1)O2. The number of H-pyrrole nitrogens is 1. The van der Waals surface area contributed by atoms with Crippen molar-refractivity contribution in [1.29, 1.82) is 0 Å². The number of hydrogen-bond donors (Lipinski definition) is 3. The summed E-state index contributed by atoms with van der Waals surface area (Å²) < 4.78 is 41.4. The van der Waals surface area contributed by atoms with E-state index in [0.29, 0.717) is 28.1 Å².